The van der Waals surface area contributed by atoms with Crippen molar-refractivity contribution in [2.45, 2.75) is 38.0 Å². The van der Waals surface area contributed by atoms with Crippen molar-refractivity contribution in [3.63, 3.8) is 0 Å². The average molecular weight is 534 g/mol. The first kappa shape index (κ1) is 28.5. The predicted octanol–water partition coefficient (Wildman–Crippen LogP) is 6.69. The zero-order valence-electron chi connectivity index (χ0n) is 22.9. The Labute approximate surface area is 236 Å². The molecule has 4 aromatic carbocycles. The van der Waals surface area contributed by atoms with Gasteiger partial charge in [-0.1, -0.05) is 122 Å². The van der Waals surface area contributed by atoms with E-state index in [1.54, 1.807) is 37.3 Å². The van der Waals surface area contributed by atoms with Crippen LogP contribution in [0.1, 0.15) is 47.3 Å². The third kappa shape index (κ3) is 6.74. The molecule has 0 bridgehead atoms. The number of carbonyl (C=O) groups excluding carboxylic acids is 2. The Morgan fingerprint density at radius 2 is 1.20 bits per heavy atom. The monoisotopic (exact) mass is 533 g/mol. The van der Waals surface area contributed by atoms with Crippen LogP contribution >= 0.6 is 0 Å². The van der Waals surface area contributed by atoms with E-state index in [9.17, 15) is 9.59 Å². The van der Waals surface area contributed by atoms with Gasteiger partial charge in [-0.3, -0.25) is 4.79 Å². The Kier molecular flexibility index (Phi) is 10.0. The van der Waals surface area contributed by atoms with E-state index in [2.05, 4.69) is 5.32 Å². The van der Waals surface area contributed by atoms with Gasteiger partial charge >= 0.3 is 5.97 Å². The van der Waals surface area contributed by atoms with Crippen LogP contribution in [0.5, 0.6) is 0 Å². The van der Waals surface area contributed by atoms with E-state index in [4.69, 9.17) is 9.47 Å². The number of hydrogen-bond donors (Lipinski definition) is 1. The highest BCUT2D eigenvalue weighted by molar-refractivity contribution is 5.89. The molecule has 0 saturated heterocycles. The fourth-order valence-corrected chi connectivity index (χ4v) is 4.72. The third-order valence-electron chi connectivity index (χ3n) is 6.72. The summed E-state index contributed by atoms with van der Waals surface area (Å²) in [6.07, 6.45) is 3.12. The van der Waals surface area contributed by atoms with Gasteiger partial charge in [0.1, 0.15) is 11.7 Å². The van der Waals surface area contributed by atoms with Gasteiger partial charge in [0.2, 0.25) is 5.91 Å². The van der Waals surface area contributed by atoms with Crippen molar-refractivity contribution in [1.82, 2.24) is 5.32 Å². The Morgan fingerprint density at radius 3 is 1.62 bits per heavy atom. The topological polar surface area (TPSA) is 64.6 Å². The number of carbonyl (C=O) groups is 2. The van der Waals surface area contributed by atoms with Crippen molar-refractivity contribution in [2.24, 2.45) is 0 Å². The van der Waals surface area contributed by atoms with E-state index in [1.165, 1.54) is 0 Å². The Balaban J connectivity index is 1.76. The molecule has 0 aliphatic rings. The second kappa shape index (κ2) is 14.1. The molecule has 1 amide bonds. The molecule has 0 aromatic heterocycles. The molecule has 0 fully saturated rings. The molecule has 4 rings (SSSR count). The first-order valence-corrected chi connectivity index (χ1v) is 13.6. The third-order valence-corrected chi connectivity index (χ3v) is 6.72. The fourth-order valence-electron chi connectivity index (χ4n) is 4.72. The van der Waals surface area contributed by atoms with Crippen LogP contribution in [0.15, 0.2) is 133 Å². The van der Waals surface area contributed by atoms with Gasteiger partial charge in [-0.15, -0.1) is 0 Å². The minimum Gasteiger partial charge on any atom is -0.452 e. The van der Waals surface area contributed by atoms with Gasteiger partial charge in [0, 0.05) is 6.42 Å². The van der Waals surface area contributed by atoms with E-state index in [0.29, 0.717) is 5.56 Å². The zero-order valence-corrected chi connectivity index (χ0v) is 22.9. The highest BCUT2D eigenvalue weighted by Gasteiger charge is 2.39. The molecule has 0 heterocycles. The lowest BCUT2D eigenvalue weighted by atomic mass is 9.80. The van der Waals surface area contributed by atoms with Crippen LogP contribution in [0.25, 0.3) is 0 Å². The Morgan fingerprint density at radius 1 is 0.750 bits per heavy atom. The number of esters is 1. The summed E-state index contributed by atoms with van der Waals surface area (Å²) < 4.78 is 12.9. The van der Waals surface area contributed by atoms with Gasteiger partial charge < -0.3 is 14.8 Å². The Hall–Kier alpha value is -4.48. The van der Waals surface area contributed by atoms with Crippen molar-refractivity contribution in [3.8, 4) is 0 Å². The van der Waals surface area contributed by atoms with E-state index >= 15 is 0 Å². The highest BCUT2D eigenvalue weighted by Crippen LogP contribution is 2.40. The average Bonchev–Trinajstić information content (AvgIpc) is 3.02. The zero-order chi connectivity index (χ0) is 28.2. The molecular formula is C35H35NO4. The molecule has 0 aliphatic heterocycles. The van der Waals surface area contributed by atoms with Gasteiger partial charge in [0.15, 0.2) is 0 Å². The van der Waals surface area contributed by atoms with Crippen molar-refractivity contribution in [3.05, 3.63) is 156 Å². The number of ether oxygens (including phenoxy) is 2. The summed E-state index contributed by atoms with van der Waals surface area (Å²) in [4.78, 5) is 25.7. The number of nitrogens with one attached hydrogen (secondary N) is 1. The molecule has 4 aromatic rings. The van der Waals surface area contributed by atoms with Crippen molar-refractivity contribution >= 4 is 11.9 Å². The van der Waals surface area contributed by atoms with Crippen molar-refractivity contribution in [1.29, 1.82) is 0 Å². The summed E-state index contributed by atoms with van der Waals surface area (Å²) in [5.41, 5.74) is 2.28. The van der Waals surface area contributed by atoms with Gasteiger partial charge in [-0.2, -0.15) is 0 Å². The Bertz CT molecular complexity index is 1280. The molecule has 0 radical (unpaired) electrons. The van der Waals surface area contributed by atoms with Crippen LogP contribution in [-0.2, 0) is 19.9 Å². The molecule has 1 N–H and O–H groups in total. The molecule has 5 heteroatoms. The number of benzene rings is 4. The number of allylic oxidation sites excluding steroid dienone is 1. The SMILES string of the molecule is C/C=C/[C@@H](OC(=O)c1ccccc1)[C@H](COC(c1ccccc1)(c1ccccc1)c1ccccc1)NC(=O)CC. The van der Waals surface area contributed by atoms with Gasteiger partial charge in [0.25, 0.3) is 0 Å². The molecule has 5 nitrogen and oxygen atoms in total. The maximum absolute atomic E-state index is 13.0. The molecule has 0 unspecified atom stereocenters. The molecule has 0 aliphatic carbocycles. The molecule has 204 valence electrons. The second-order valence-electron chi connectivity index (χ2n) is 9.38. The van der Waals surface area contributed by atoms with E-state index < -0.39 is 23.7 Å². The standard InChI is InChI=1S/C35H35NO4/c1-3-17-32(40-34(38)27-18-9-5-10-19-27)31(36-33(37)4-2)26-39-35(28-20-11-6-12-21-28,29-22-13-7-14-23-29)30-24-15-8-16-25-30/h3,5-25,31-32H,4,26H2,1-2H3,(H,36,37)/b17-3+/t31-,32+/m0/s1. The maximum Gasteiger partial charge on any atom is 0.338 e. The van der Waals surface area contributed by atoms with Crippen molar-refractivity contribution < 1.29 is 19.1 Å². The van der Waals surface area contributed by atoms with Crippen LogP contribution in [0.3, 0.4) is 0 Å². The van der Waals surface area contributed by atoms with Crippen molar-refractivity contribution in [2.75, 3.05) is 6.61 Å². The lowest BCUT2D eigenvalue weighted by molar-refractivity contribution is -0.123. The van der Waals surface area contributed by atoms with Crippen LogP contribution in [-0.4, -0.2) is 30.6 Å². The summed E-state index contributed by atoms with van der Waals surface area (Å²) in [6.45, 7) is 3.71. The number of hydrogen-bond acceptors (Lipinski definition) is 4. The highest BCUT2D eigenvalue weighted by atomic mass is 16.5. The first-order chi connectivity index (χ1) is 19.6. The van der Waals surface area contributed by atoms with Crippen LogP contribution in [0.2, 0.25) is 0 Å². The van der Waals surface area contributed by atoms with Gasteiger partial charge in [0.05, 0.1) is 18.2 Å². The lowest BCUT2D eigenvalue weighted by Crippen LogP contribution is -2.49. The minimum atomic E-state index is -0.983. The van der Waals surface area contributed by atoms with Crippen LogP contribution < -0.4 is 5.32 Å². The molecule has 0 spiro atoms. The quantitative estimate of drug-likeness (QED) is 0.125. The molecule has 0 saturated carbocycles. The molecule has 2 atom stereocenters. The molecule has 40 heavy (non-hydrogen) atoms. The lowest BCUT2D eigenvalue weighted by Gasteiger charge is -2.38. The number of amides is 1. The smallest absolute Gasteiger partial charge is 0.338 e. The summed E-state index contributed by atoms with van der Waals surface area (Å²) in [5, 5.41) is 3.04. The fraction of sp³-hybridized carbons (Fsp3) is 0.200. The largest absolute Gasteiger partial charge is 0.452 e. The summed E-state index contributed by atoms with van der Waals surface area (Å²) in [7, 11) is 0. The minimum absolute atomic E-state index is 0.0709. The van der Waals surface area contributed by atoms with E-state index in [1.807, 2.05) is 110 Å². The van der Waals surface area contributed by atoms with E-state index in [-0.39, 0.29) is 18.9 Å². The first-order valence-electron chi connectivity index (χ1n) is 13.6. The summed E-state index contributed by atoms with van der Waals surface area (Å²) in [5.74, 6) is -0.636. The second-order valence-corrected chi connectivity index (χ2v) is 9.38. The molecular weight excluding hydrogens is 498 g/mol. The van der Waals surface area contributed by atoms with E-state index in [0.717, 1.165) is 16.7 Å². The normalized spacial score (nSPS) is 12.9. The van der Waals surface area contributed by atoms with Crippen LogP contribution in [0, 0.1) is 0 Å². The summed E-state index contributed by atoms with van der Waals surface area (Å²) in [6, 6.07) is 38.3. The predicted molar refractivity (Wildman–Crippen MR) is 158 cm³/mol. The van der Waals surface area contributed by atoms with Gasteiger partial charge in [-0.25, -0.2) is 4.79 Å². The van der Waals surface area contributed by atoms with Gasteiger partial charge in [-0.05, 0) is 41.8 Å². The summed E-state index contributed by atoms with van der Waals surface area (Å²) >= 11 is 0. The number of rotatable bonds is 12. The van der Waals surface area contributed by atoms with Crippen LogP contribution in [0.4, 0.5) is 0 Å². The maximum atomic E-state index is 13.0.